The minimum atomic E-state index is -3.82. The number of hydrogen-bond donors (Lipinski definition) is 0. The Morgan fingerprint density at radius 2 is 1.90 bits per heavy atom. The highest BCUT2D eigenvalue weighted by Gasteiger charge is 2.43. The summed E-state index contributed by atoms with van der Waals surface area (Å²) in [4.78, 5) is 2.25. The van der Waals surface area contributed by atoms with E-state index >= 15 is 0 Å². The molecule has 2 unspecified atom stereocenters. The normalized spacial score (nSPS) is 25.8. The predicted molar refractivity (Wildman–Crippen MR) is 148 cm³/mol. The molecule has 6 rings (SSSR count). The molecule has 1 aliphatic carbocycles. The van der Waals surface area contributed by atoms with E-state index in [1.165, 1.54) is 8.28 Å². The average molecular weight is 549 g/mol. The number of rotatable bonds is 5. The van der Waals surface area contributed by atoms with Gasteiger partial charge in [0, 0.05) is 55.0 Å². The summed E-state index contributed by atoms with van der Waals surface area (Å²) >= 11 is 0. The Labute approximate surface area is 229 Å². The highest BCUT2D eigenvalue weighted by molar-refractivity contribution is 7.87. The summed E-state index contributed by atoms with van der Waals surface area (Å²) in [6.07, 6.45) is 6.57. The Hall–Kier alpha value is -3.36. The number of morpholine rings is 1. The molecular weight excluding hydrogens is 516 g/mol. The lowest BCUT2D eigenvalue weighted by Gasteiger charge is -2.38. The van der Waals surface area contributed by atoms with E-state index in [1.54, 1.807) is 20.4 Å². The Morgan fingerprint density at radius 3 is 2.59 bits per heavy atom. The van der Waals surface area contributed by atoms with Gasteiger partial charge in [0.25, 0.3) is 0 Å². The van der Waals surface area contributed by atoms with Gasteiger partial charge >= 0.3 is 10.2 Å². The summed E-state index contributed by atoms with van der Waals surface area (Å²) in [5, 5.41) is 11.3. The van der Waals surface area contributed by atoms with Crippen molar-refractivity contribution in [1.82, 2.24) is 13.2 Å². The molecule has 0 bridgehead atoms. The van der Waals surface area contributed by atoms with E-state index < -0.39 is 15.8 Å². The van der Waals surface area contributed by atoms with Gasteiger partial charge in [0.1, 0.15) is 17.4 Å². The molecule has 9 nitrogen and oxygen atoms in total. The molecule has 39 heavy (non-hydrogen) atoms. The number of fused-ring (bicyclic) bond motifs is 3. The van der Waals surface area contributed by atoms with Crippen LogP contribution in [-0.4, -0.2) is 80.3 Å². The molecule has 2 atom stereocenters. The molecule has 3 aliphatic heterocycles. The maximum atomic E-state index is 13.8. The van der Waals surface area contributed by atoms with Gasteiger partial charge in [-0.3, -0.25) is 0 Å². The lowest BCUT2D eigenvalue weighted by atomic mass is 9.83. The Bertz CT molecular complexity index is 1630. The van der Waals surface area contributed by atoms with Gasteiger partial charge in [0.15, 0.2) is 0 Å². The summed E-state index contributed by atoms with van der Waals surface area (Å²) in [5.41, 5.74) is 4.99. The largest absolute Gasteiger partial charge is 0.498 e. The molecule has 0 spiro atoms. The highest BCUT2D eigenvalue weighted by atomic mass is 32.2. The molecule has 4 heterocycles. The lowest BCUT2D eigenvalue weighted by Crippen LogP contribution is -2.43. The fourth-order valence-corrected chi connectivity index (χ4v) is 7.80. The number of ether oxygens (including phenoxy) is 3. The first kappa shape index (κ1) is 25.9. The number of benzene rings is 1. The minimum absolute atomic E-state index is 0.121. The van der Waals surface area contributed by atoms with Crippen LogP contribution in [-0.2, 0) is 24.4 Å². The number of nitrogens with zero attached hydrogens (tertiary/aromatic N) is 4. The molecule has 0 saturated carbocycles. The van der Waals surface area contributed by atoms with Crippen LogP contribution >= 0.6 is 0 Å². The van der Waals surface area contributed by atoms with E-state index in [-0.39, 0.29) is 6.04 Å². The molecule has 204 valence electrons. The maximum Gasteiger partial charge on any atom is 0.308 e. The fraction of sp³-hybridized carbons (Fsp3) is 0.414. The van der Waals surface area contributed by atoms with Gasteiger partial charge in [-0.2, -0.15) is 18.0 Å². The molecule has 1 fully saturated rings. The van der Waals surface area contributed by atoms with Crippen molar-refractivity contribution in [3.05, 3.63) is 76.4 Å². The zero-order valence-electron chi connectivity index (χ0n) is 22.6. The monoisotopic (exact) mass is 548 g/mol. The van der Waals surface area contributed by atoms with Gasteiger partial charge in [-0.05, 0) is 44.1 Å². The standard InChI is InChI=1S/C29H32N4O5S/c1-19-27(23(17-30)28-22-15-26(36-3)29(2,37-4)16-20(22)9-10-32(19)28)24-18-33(25-8-6-5-7-21(24)25)39(34,35)31-11-13-38-14-12-31/h5-8,15-16,18-19H,9-14H2,1-4H3. The van der Waals surface area contributed by atoms with Crippen LogP contribution in [0.3, 0.4) is 0 Å². The van der Waals surface area contributed by atoms with Crippen molar-refractivity contribution < 1.29 is 22.6 Å². The Morgan fingerprint density at radius 1 is 1.15 bits per heavy atom. The number of para-hydroxylation sites is 1. The molecule has 1 saturated heterocycles. The zero-order chi connectivity index (χ0) is 27.5. The van der Waals surface area contributed by atoms with E-state index in [2.05, 4.69) is 24.0 Å². The molecule has 0 N–H and O–H groups in total. The third-order valence-corrected chi connectivity index (χ3v) is 10.2. The van der Waals surface area contributed by atoms with Crippen molar-refractivity contribution in [3.63, 3.8) is 0 Å². The van der Waals surface area contributed by atoms with Crippen molar-refractivity contribution in [2.45, 2.75) is 31.9 Å². The van der Waals surface area contributed by atoms with Gasteiger partial charge in [-0.15, -0.1) is 0 Å². The van der Waals surface area contributed by atoms with Crippen LogP contribution in [0, 0.1) is 11.3 Å². The van der Waals surface area contributed by atoms with Gasteiger partial charge in [-0.25, -0.2) is 3.97 Å². The topological polar surface area (TPSA) is 97.0 Å². The van der Waals surface area contributed by atoms with Crippen molar-refractivity contribution >= 4 is 26.7 Å². The molecule has 0 amide bonds. The van der Waals surface area contributed by atoms with Crippen LogP contribution in [0.25, 0.3) is 16.5 Å². The summed E-state index contributed by atoms with van der Waals surface area (Å²) in [5.74, 6) is 0.671. The predicted octanol–water partition coefficient (Wildman–Crippen LogP) is 3.58. The first-order valence-electron chi connectivity index (χ1n) is 13.1. The van der Waals surface area contributed by atoms with Crippen LogP contribution in [0.15, 0.2) is 70.8 Å². The third kappa shape index (κ3) is 3.79. The molecule has 10 heteroatoms. The van der Waals surface area contributed by atoms with E-state index in [0.717, 1.165) is 46.3 Å². The molecule has 4 aliphatic rings. The van der Waals surface area contributed by atoms with Crippen LogP contribution < -0.4 is 0 Å². The molecule has 1 aromatic heterocycles. The fourth-order valence-electron chi connectivity index (χ4n) is 6.29. The van der Waals surface area contributed by atoms with Crippen LogP contribution in [0.5, 0.6) is 0 Å². The van der Waals surface area contributed by atoms with E-state index in [9.17, 15) is 13.7 Å². The van der Waals surface area contributed by atoms with Crippen molar-refractivity contribution in [1.29, 1.82) is 5.26 Å². The molecule has 2 aromatic rings. The zero-order valence-corrected chi connectivity index (χ0v) is 23.4. The quantitative estimate of drug-likeness (QED) is 0.564. The summed E-state index contributed by atoms with van der Waals surface area (Å²) < 4.78 is 47.2. The van der Waals surface area contributed by atoms with Crippen molar-refractivity contribution in [3.8, 4) is 6.07 Å². The van der Waals surface area contributed by atoms with E-state index in [0.29, 0.717) is 43.2 Å². The lowest BCUT2D eigenvalue weighted by molar-refractivity contribution is 0.0303. The summed E-state index contributed by atoms with van der Waals surface area (Å²) in [6.45, 7) is 6.14. The number of aromatic nitrogens is 1. The summed E-state index contributed by atoms with van der Waals surface area (Å²) in [6, 6.07) is 9.85. The first-order chi connectivity index (χ1) is 18.7. The van der Waals surface area contributed by atoms with Gasteiger partial charge in [-0.1, -0.05) is 18.2 Å². The van der Waals surface area contributed by atoms with Gasteiger partial charge < -0.3 is 19.1 Å². The summed E-state index contributed by atoms with van der Waals surface area (Å²) in [7, 11) is -0.533. The third-order valence-electron chi connectivity index (χ3n) is 8.38. The smallest absolute Gasteiger partial charge is 0.308 e. The van der Waals surface area contributed by atoms with E-state index in [4.69, 9.17) is 14.2 Å². The van der Waals surface area contributed by atoms with Gasteiger partial charge in [0.05, 0.1) is 43.2 Å². The number of methoxy groups -OCH3 is 2. The second-order valence-corrected chi connectivity index (χ2v) is 12.2. The van der Waals surface area contributed by atoms with Crippen LogP contribution in [0.4, 0.5) is 0 Å². The van der Waals surface area contributed by atoms with Crippen molar-refractivity contribution in [2.24, 2.45) is 0 Å². The molecular formula is C29H32N4O5S. The van der Waals surface area contributed by atoms with E-state index in [1.807, 2.05) is 37.3 Å². The number of nitriles is 1. The number of allylic oxidation sites excluding steroid dienone is 3. The van der Waals surface area contributed by atoms with Crippen molar-refractivity contribution in [2.75, 3.05) is 47.1 Å². The maximum absolute atomic E-state index is 13.8. The Balaban J connectivity index is 1.57. The second kappa shape index (κ2) is 9.38. The highest BCUT2D eigenvalue weighted by Crippen LogP contribution is 2.49. The molecule has 0 radical (unpaired) electrons. The molecule has 1 aromatic carbocycles. The number of hydrogen-bond acceptors (Lipinski definition) is 7. The second-order valence-electron chi connectivity index (χ2n) is 10.4. The Kier molecular flexibility index (Phi) is 6.23. The van der Waals surface area contributed by atoms with Crippen LogP contribution in [0.2, 0.25) is 0 Å². The van der Waals surface area contributed by atoms with Gasteiger partial charge in [0.2, 0.25) is 0 Å². The van der Waals surface area contributed by atoms with Crippen LogP contribution in [0.1, 0.15) is 25.8 Å². The minimum Gasteiger partial charge on any atom is -0.498 e. The SMILES string of the molecule is COC1=CC2=C3C(C#N)=C(c4cn(S(=O)(=O)N5CCOCC5)c5ccccc45)C(C)N3CCC2=CC1(C)OC. The first-order valence-corrected chi connectivity index (χ1v) is 14.5. The average Bonchev–Trinajstić information content (AvgIpc) is 3.48.